The monoisotopic (exact) mass is 415 g/mol. The summed E-state index contributed by atoms with van der Waals surface area (Å²) in [6.45, 7) is 5.90. The van der Waals surface area contributed by atoms with Gasteiger partial charge in [0.05, 0.1) is 7.11 Å². The van der Waals surface area contributed by atoms with Crippen molar-refractivity contribution in [1.82, 2.24) is 10.2 Å². The SMILES string of the molecule is COc1ccc(CCC(=O)NCCCN2CCN(c3ccc(Cl)cc3)CC2)cc1. The summed E-state index contributed by atoms with van der Waals surface area (Å²) in [4.78, 5) is 16.9. The Morgan fingerprint density at radius 3 is 2.38 bits per heavy atom. The summed E-state index contributed by atoms with van der Waals surface area (Å²) in [5, 5.41) is 3.82. The van der Waals surface area contributed by atoms with Crippen LogP contribution in [0.3, 0.4) is 0 Å². The molecule has 3 rings (SSSR count). The van der Waals surface area contributed by atoms with Crippen molar-refractivity contribution in [3.8, 4) is 5.75 Å². The van der Waals surface area contributed by atoms with Crippen molar-refractivity contribution in [1.29, 1.82) is 0 Å². The molecule has 2 aromatic carbocycles. The number of carbonyl (C=O) groups excluding carboxylic acids is 1. The average molecular weight is 416 g/mol. The maximum absolute atomic E-state index is 12.0. The number of amides is 1. The predicted molar refractivity (Wildman–Crippen MR) is 119 cm³/mol. The van der Waals surface area contributed by atoms with Crippen molar-refractivity contribution in [2.24, 2.45) is 0 Å². The fourth-order valence-electron chi connectivity index (χ4n) is 3.55. The van der Waals surface area contributed by atoms with Gasteiger partial charge in [0.15, 0.2) is 0 Å². The van der Waals surface area contributed by atoms with Gasteiger partial charge in [-0.25, -0.2) is 0 Å². The second-order valence-electron chi connectivity index (χ2n) is 7.36. The van der Waals surface area contributed by atoms with Crippen molar-refractivity contribution in [2.45, 2.75) is 19.3 Å². The maximum atomic E-state index is 12.0. The minimum absolute atomic E-state index is 0.119. The lowest BCUT2D eigenvalue weighted by Gasteiger charge is -2.36. The van der Waals surface area contributed by atoms with E-state index in [-0.39, 0.29) is 5.91 Å². The van der Waals surface area contributed by atoms with Crippen LogP contribution < -0.4 is 15.0 Å². The summed E-state index contributed by atoms with van der Waals surface area (Å²) < 4.78 is 5.15. The van der Waals surface area contributed by atoms with Crippen LogP contribution in [0.25, 0.3) is 0 Å². The molecular formula is C23H30ClN3O2. The van der Waals surface area contributed by atoms with E-state index in [1.54, 1.807) is 7.11 Å². The largest absolute Gasteiger partial charge is 0.497 e. The van der Waals surface area contributed by atoms with Gasteiger partial charge >= 0.3 is 0 Å². The molecule has 2 aromatic rings. The molecular weight excluding hydrogens is 386 g/mol. The van der Waals surface area contributed by atoms with E-state index in [4.69, 9.17) is 16.3 Å². The number of nitrogens with zero attached hydrogens (tertiary/aromatic N) is 2. The van der Waals surface area contributed by atoms with E-state index in [1.165, 1.54) is 5.69 Å². The third-order valence-corrected chi connectivity index (χ3v) is 5.59. The van der Waals surface area contributed by atoms with Gasteiger partial charge in [-0.1, -0.05) is 23.7 Å². The van der Waals surface area contributed by atoms with Gasteiger partial charge in [-0.2, -0.15) is 0 Å². The quantitative estimate of drug-likeness (QED) is 0.635. The van der Waals surface area contributed by atoms with Crippen LogP contribution in [0.5, 0.6) is 5.75 Å². The third-order valence-electron chi connectivity index (χ3n) is 5.34. The van der Waals surface area contributed by atoms with E-state index in [0.717, 1.165) is 68.4 Å². The standard InChI is InChI=1S/C23H30ClN3O2/c1-29-22-10-3-19(4-11-22)5-12-23(28)25-13-2-14-26-15-17-27(18-16-26)21-8-6-20(24)7-9-21/h3-4,6-11H,2,5,12-18H2,1H3,(H,25,28). The van der Waals surface area contributed by atoms with Crippen molar-refractivity contribution in [3.63, 3.8) is 0 Å². The first kappa shape index (κ1) is 21.5. The highest BCUT2D eigenvalue weighted by Gasteiger charge is 2.16. The number of carbonyl (C=O) groups is 1. The molecule has 1 heterocycles. The molecule has 0 atom stereocenters. The highest BCUT2D eigenvalue weighted by atomic mass is 35.5. The Balaban J connectivity index is 1.26. The molecule has 0 aliphatic carbocycles. The fraction of sp³-hybridized carbons (Fsp3) is 0.435. The van der Waals surface area contributed by atoms with E-state index in [9.17, 15) is 4.79 Å². The van der Waals surface area contributed by atoms with Crippen molar-refractivity contribution in [3.05, 3.63) is 59.1 Å². The summed E-state index contributed by atoms with van der Waals surface area (Å²) in [6, 6.07) is 15.9. The second-order valence-corrected chi connectivity index (χ2v) is 7.79. The molecule has 0 spiro atoms. The van der Waals surface area contributed by atoms with E-state index < -0.39 is 0 Å². The molecule has 1 N–H and O–H groups in total. The number of piperazine rings is 1. The molecule has 6 heteroatoms. The van der Waals surface area contributed by atoms with E-state index in [1.807, 2.05) is 36.4 Å². The van der Waals surface area contributed by atoms with E-state index in [0.29, 0.717) is 6.42 Å². The zero-order valence-corrected chi connectivity index (χ0v) is 17.8. The van der Waals surface area contributed by atoms with Crippen LogP contribution in [0.1, 0.15) is 18.4 Å². The summed E-state index contributed by atoms with van der Waals surface area (Å²) >= 11 is 5.97. The molecule has 0 radical (unpaired) electrons. The summed E-state index contributed by atoms with van der Waals surface area (Å²) in [5.74, 6) is 0.959. The van der Waals surface area contributed by atoms with Crippen LogP contribution in [0.2, 0.25) is 5.02 Å². The molecule has 5 nitrogen and oxygen atoms in total. The molecule has 1 fully saturated rings. The number of anilines is 1. The average Bonchev–Trinajstić information content (AvgIpc) is 2.76. The lowest BCUT2D eigenvalue weighted by atomic mass is 10.1. The van der Waals surface area contributed by atoms with Gasteiger partial charge in [0, 0.05) is 49.9 Å². The van der Waals surface area contributed by atoms with Crippen LogP contribution in [-0.4, -0.2) is 57.2 Å². The third kappa shape index (κ3) is 6.94. The van der Waals surface area contributed by atoms with E-state index in [2.05, 4.69) is 27.2 Å². The minimum Gasteiger partial charge on any atom is -0.497 e. The summed E-state index contributed by atoms with van der Waals surface area (Å²) in [6.07, 6.45) is 2.25. The number of ether oxygens (including phenoxy) is 1. The Morgan fingerprint density at radius 2 is 1.72 bits per heavy atom. The van der Waals surface area contributed by atoms with Crippen LogP contribution in [-0.2, 0) is 11.2 Å². The minimum atomic E-state index is 0.119. The maximum Gasteiger partial charge on any atom is 0.220 e. The van der Waals surface area contributed by atoms with Crippen molar-refractivity contribution < 1.29 is 9.53 Å². The molecule has 1 saturated heterocycles. The Labute approximate surface area is 178 Å². The molecule has 1 aliphatic rings. The van der Waals surface area contributed by atoms with Gasteiger partial charge in [0.1, 0.15) is 5.75 Å². The number of benzene rings is 2. The van der Waals surface area contributed by atoms with Gasteiger partial charge < -0.3 is 15.0 Å². The lowest BCUT2D eigenvalue weighted by molar-refractivity contribution is -0.121. The van der Waals surface area contributed by atoms with Crippen LogP contribution in [0, 0.1) is 0 Å². The van der Waals surface area contributed by atoms with Gasteiger partial charge in [-0.05, 0) is 61.3 Å². The molecule has 1 aliphatic heterocycles. The number of hydrogen-bond acceptors (Lipinski definition) is 4. The molecule has 29 heavy (non-hydrogen) atoms. The normalized spacial score (nSPS) is 14.6. The molecule has 0 aromatic heterocycles. The predicted octanol–water partition coefficient (Wildman–Crippen LogP) is 3.61. The van der Waals surface area contributed by atoms with Crippen molar-refractivity contribution in [2.75, 3.05) is 51.3 Å². The number of rotatable bonds is 9. The molecule has 0 saturated carbocycles. The van der Waals surface area contributed by atoms with Crippen LogP contribution in [0.4, 0.5) is 5.69 Å². The molecule has 1 amide bonds. The molecule has 0 unspecified atom stereocenters. The van der Waals surface area contributed by atoms with Crippen molar-refractivity contribution >= 4 is 23.2 Å². The highest BCUT2D eigenvalue weighted by Crippen LogP contribution is 2.19. The zero-order valence-electron chi connectivity index (χ0n) is 17.1. The summed E-state index contributed by atoms with van der Waals surface area (Å²) in [5.41, 5.74) is 2.39. The Kier molecular flexibility index (Phi) is 8.20. The number of methoxy groups -OCH3 is 1. The first-order valence-corrected chi connectivity index (χ1v) is 10.6. The van der Waals surface area contributed by atoms with E-state index >= 15 is 0 Å². The number of nitrogens with one attached hydrogen (secondary N) is 1. The highest BCUT2D eigenvalue weighted by molar-refractivity contribution is 6.30. The number of aryl methyl sites for hydroxylation is 1. The first-order chi connectivity index (χ1) is 14.1. The second kappa shape index (κ2) is 11.1. The summed E-state index contributed by atoms with van der Waals surface area (Å²) in [7, 11) is 1.65. The van der Waals surface area contributed by atoms with Gasteiger partial charge in [0.2, 0.25) is 5.91 Å². The zero-order chi connectivity index (χ0) is 20.5. The topological polar surface area (TPSA) is 44.8 Å². The van der Waals surface area contributed by atoms with Gasteiger partial charge in [0.25, 0.3) is 0 Å². The van der Waals surface area contributed by atoms with Gasteiger partial charge in [-0.3, -0.25) is 9.69 Å². The lowest BCUT2D eigenvalue weighted by Crippen LogP contribution is -2.47. The Bertz CT molecular complexity index is 757. The van der Waals surface area contributed by atoms with Crippen LogP contribution >= 0.6 is 11.6 Å². The number of hydrogen-bond donors (Lipinski definition) is 1. The van der Waals surface area contributed by atoms with Crippen LogP contribution in [0.15, 0.2) is 48.5 Å². The smallest absolute Gasteiger partial charge is 0.220 e. The molecule has 156 valence electrons. The number of halogens is 1. The fourth-order valence-corrected chi connectivity index (χ4v) is 3.68. The first-order valence-electron chi connectivity index (χ1n) is 10.3. The Hall–Kier alpha value is -2.24. The Morgan fingerprint density at radius 1 is 1.03 bits per heavy atom. The van der Waals surface area contributed by atoms with Gasteiger partial charge in [-0.15, -0.1) is 0 Å². The molecule has 0 bridgehead atoms.